The smallest absolute Gasteiger partial charge is 0.262 e. The number of halogens is 1. The van der Waals surface area contributed by atoms with E-state index in [4.69, 9.17) is 4.74 Å². The molecule has 2 rings (SSSR count). The van der Waals surface area contributed by atoms with Crippen molar-refractivity contribution in [3.8, 4) is 5.75 Å². The number of anilines is 2. The monoisotopic (exact) mass is 353 g/mol. The van der Waals surface area contributed by atoms with Crippen molar-refractivity contribution in [3.05, 3.63) is 42.3 Å². The van der Waals surface area contributed by atoms with Crippen LogP contribution in [0.2, 0.25) is 0 Å². The third kappa shape index (κ3) is 3.94. The lowest BCUT2D eigenvalue weighted by molar-refractivity contribution is 0.385. The molecule has 0 fully saturated rings. The quantitative estimate of drug-likeness (QED) is 0.829. The van der Waals surface area contributed by atoms with Crippen LogP contribution in [0.4, 0.5) is 15.9 Å². The van der Waals surface area contributed by atoms with Crippen LogP contribution in [-0.2, 0) is 10.0 Å². The number of pyridine rings is 1. The minimum absolute atomic E-state index is 0.0893. The van der Waals surface area contributed by atoms with Crippen molar-refractivity contribution in [2.24, 2.45) is 0 Å². The second-order valence-corrected chi connectivity index (χ2v) is 6.66. The van der Waals surface area contributed by atoms with Gasteiger partial charge in [0.25, 0.3) is 10.0 Å². The number of nitrogens with one attached hydrogen (secondary N) is 1. The highest BCUT2D eigenvalue weighted by atomic mass is 32.2. The molecule has 24 heavy (non-hydrogen) atoms. The van der Waals surface area contributed by atoms with E-state index in [1.54, 1.807) is 12.1 Å². The fourth-order valence-electron chi connectivity index (χ4n) is 2.20. The number of hydrogen-bond donors (Lipinski definition) is 1. The van der Waals surface area contributed by atoms with Gasteiger partial charge in [-0.25, -0.2) is 17.8 Å². The van der Waals surface area contributed by atoms with Gasteiger partial charge in [0.05, 0.1) is 23.9 Å². The van der Waals surface area contributed by atoms with Crippen LogP contribution in [-0.4, -0.2) is 33.6 Å². The van der Waals surface area contributed by atoms with E-state index in [0.717, 1.165) is 31.0 Å². The van der Waals surface area contributed by atoms with Crippen LogP contribution >= 0.6 is 0 Å². The van der Waals surface area contributed by atoms with Crippen LogP contribution in [0.1, 0.15) is 13.8 Å². The molecule has 6 nitrogen and oxygen atoms in total. The summed E-state index contributed by atoms with van der Waals surface area (Å²) in [6.07, 6.45) is 1.45. The number of aromatic nitrogens is 1. The summed E-state index contributed by atoms with van der Waals surface area (Å²) in [5.74, 6) is 0.0148. The molecule has 0 aliphatic rings. The molecule has 0 spiro atoms. The topological polar surface area (TPSA) is 71.5 Å². The standard InChI is InChI=1S/C16H20FN3O3S/c1-4-20(5-2)16-9-6-12(11-18-16)19-24(21,22)13-7-8-14(17)15(10-13)23-3/h6-11,19H,4-5H2,1-3H3. The molecule has 1 aromatic carbocycles. The average Bonchev–Trinajstić information content (AvgIpc) is 2.57. The molecule has 1 heterocycles. The number of rotatable bonds is 7. The first-order valence-electron chi connectivity index (χ1n) is 7.48. The molecule has 0 atom stereocenters. The summed E-state index contributed by atoms with van der Waals surface area (Å²) < 4.78 is 45.4. The Morgan fingerprint density at radius 3 is 2.46 bits per heavy atom. The van der Waals surface area contributed by atoms with Crippen molar-refractivity contribution in [1.82, 2.24) is 4.98 Å². The van der Waals surface area contributed by atoms with Gasteiger partial charge in [-0.3, -0.25) is 4.72 Å². The fraction of sp³-hybridized carbons (Fsp3) is 0.312. The zero-order valence-corrected chi connectivity index (χ0v) is 14.6. The first-order valence-corrected chi connectivity index (χ1v) is 8.97. The molecule has 0 amide bonds. The number of nitrogens with zero attached hydrogens (tertiary/aromatic N) is 2. The van der Waals surface area contributed by atoms with Crippen LogP contribution in [0.15, 0.2) is 41.4 Å². The Kier molecular flexibility index (Phi) is 5.61. The Morgan fingerprint density at radius 1 is 1.21 bits per heavy atom. The van der Waals surface area contributed by atoms with Gasteiger partial charge >= 0.3 is 0 Å². The van der Waals surface area contributed by atoms with Crippen LogP contribution in [0.3, 0.4) is 0 Å². The van der Waals surface area contributed by atoms with Crippen LogP contribution < -0.4 is 14.4 Å². The summed E-state index contributed by atoms with van der Waals surface area (Å²) in [6.45, 7) is 5.65. The van der Waals surface area contributed by atoms with E-state index in [9.17, 15) is 12.8 Å². The third-order valence-electron chi connectivity index (χ3n) is 3.52. The van der Waals surface area contributed by atoms with E-state index < -0.39 is 15.8 Å². The predicted molar refractivity (Wildman–Crippen MR) is 91.6 cm³/mol. The van der Waals surface area contributed by atoms with Crippen LogP contribution in [0.25, 0.3) is 0 Å². The van der Waals surface area contributed by atoms with Crippen molar-refractivity contribution in [1.29, 1.82) is 0 Å². The summed E-state index contributed by atoms with van der Waals surface area (Å²) in [4.78, 5) is 6.22. The second kappa shape index (κ2) is 7.48. The van der Waals surface area contributed by atoms with Gasteiger partial charge in [-0.05, 0) is 38.1 Å². The third-order valence-corrected chi connectivity index (χ3v) is 4.90. The van der Waals surface area contributed by atoms with Gasteiger partial charge in [0.1, 0.15) is 5.82 Å². The molecule has 0 aliphatic heterocycles. The maximum Gasteiger partial charge on any atom is 0.262 e. The predicted octanol–water partition coefficient (Wildman–Crippen LogP) is 2.88. The fourth-order valence-corrected chi connectivity index (χ4v) is 3.26. The molecule has 2 aromatic rings. The van der Waals surface area contributed by atoms with Gasteiger partial charge < -0.3 is 9.64 Å². The zero-order valence-electron chi connectivity index (χ0n) is 13.8. The van der Waals surface area contributed by atoms with Gasteiger partial charge in [-0.2, -0.15) is 0 Å². The highest BCUT2D eigenvalue weighted by Crippen LogP contribution is 2.23. The Labute approximate surface area is 141 Å². The number of benzene rings is 1. The van der Waals surface area contributed by atoms with Crippen molar-refractivity contribution >= 4 is 21.5 Å². The summed E-state index contributed by atoms with van der Waals surface area (Å²) in [5, 5.41) is 0. The first-order chi connectivity index (χ1) is 11.4. The second-order valence-electron chi connectivity index (χ2n) is 4.98. The Hall–Kier alpha value is -2.35. The normalized spacial score (nSPS) is 11.2. The highest BCUT2D eigenvalue weighted by Gasteiger charge is 2.17. The molecule has 0 saturated heterocycles. The Bertz CT molecular complexity index is 791. The molecule has 1 aromatic heterocycles. The lowest BCUT2D eigenvalue weighted by Crippen LogP contribution is -2.23. The molecule has 0 bridgehead atoms. The SMILES string of the molecule is CCN(CC)c1ccc(NS(=O)(=O)c2ccc(F)c(OC)c2)cn1. The molecular weight excluding hydrogens is 333 g/mol. The van der Waals surface area contributed by atoms with E-state index in [0.29, 0.717) is 5.69 Å². The number of methoxy groups -OCH3 is 1. The lowest BCUT2D eigenvalue weighted by atomic mass is 10.3. The molecule has 0 unspecified atom stereocenters. The summed E-state index contributed by atoms with van der Waals surface area (Å²) in [7, 11) is -2.58. The molecule has 0 radical (unpaired) electrons. The Morgan fingerprint density at radius 2 is 1.92 bits per heavy atom. The number of hydrogen-bond acceptors (Lipinski definition) is 5. The van der Waals surface area contributed by atoms with Crippen molar-refractivity contribution < 1.29 is 17.5 Å². The molecular formula is C16H20FN3O3S. The van der Waals surface area contributed by atoms with Crippen LogP contribution in [0.5, 0.6) is 5.75 Å². The highest BCUT2D eigenvalue weighted by molar-refractivity contribution is 7.92. The van der Waals surface area contributed by atoms with Crippen molar-refractivity contribution in [3.63, 3.8) is 0 Å². The van der Waals surface area contributed by atoms with Gasteiger partial charge in [0.15, 0.2) is 11.6 Å². The average molecular weight is 353 g/mol. The van der Waals surface area contributed by atoms with Gasteiger partial charge in [0, 0.05) is 19.2 Å². The van der Waals surface area contributed by atoms with E-state index >= 15 is 0 Å². The minimum Gasteiger partial charge on any atom is -0.494 e. The number of ether oxygens (including phenoxy) is 1. The van der Waals surface area contributed by atoms with E-state index in [-0.39, 0.29) is 10.6 Å². The van der Waals surface area contributed by atoms with Crippen LogP contribution in [0, 0.1) is 5.82 Å². The van der Waals surface area contributed by atoms with Gasteiger partial charge in [-0.15, -0.1) is 0 Å². The maximum atomic E-state index is 13.4. The van der Waals surface area contributed by atoms with Crippen molar-refractivity contribution in [2.45, 2.75) is 18.7 Å². The zero-order chi connectivity index (χ0) is 17.7. The van der Waals surface area contributed by atoms with E-state index in [1.807, 2.05) is 18.7 Å². The molecule has 0 aliphatic carbocycles. The summed E-state index contributed by atoms with van der Waals surface area (Å²) >= 11 is 0. The molecule has 1 N–H and O–H groups in total. The Balaban J connectivity index is 2.23. The van der Waals surface area contributed by atoms with E-state index in [2.05, 4.69) is 9.71 Å². The largest absolute Gasteiger partial charge is 0.494 e. The number of sulfonamides is 1. The minimum atomic E-state index is -3.86. The van der Waals surface area contributed by atoms with Gasteiger partial charge in [-0.1, -0.05) is 0 Å². The molecule has 130 valence electrons. The van der Waals surface area contributed by atoms with E-state index in [1.165, 1.54) is 19.4 Å². The summed E-state index contributed by atoms with van der Waals surface area (Å²) in [6, 6.07) is 6.75. The van der Waals surface area contributed by atoms with Crippen molar-refractivity contribution in [2.75, 3.05) is 29.8 Å². The maximum absolute atomic E-state index is 13.4. The summed E-state index contributed by atoms with van der Waals surface area (Å²) in [5.41, 5.74) is 0.328. The lowest BCUT2D eigenvalue weighted by Gasteiger charge is -2.19. The van der Waals surface area contributed by atoms with Gasteiger partial charge in [0.2, 0.25) is 0 Å². The molecule has 8 heteroatoms. The molecule has 0 saturated carbocycles. The first kappa shape index (κ1) is 18.0.